The lowest BCUT2D eigenvalue weighted by Gasteiger charge is -2.18. The van der Waals surface area contributed by atoms with Crippen molar-refractivity contribution in [3.63, 3.8) is 0 Å². The van der Waals surface area contributed by atoms with Gasteiger partial charge in [0, 0.05) is 24.8 Å². The molecule has 0 radical (unpaired) electrons. The number of aryl methyl sites for hydroxylation is 1. The number of rotatable bonds is 8. The number of methoxy groups -OCH3 is 1. The zero-order chi connectivity index (χ0) is 22.1. The van der Waals surface area contributed by atoms with Crippen LogP contribution in [0.3, 0.4) is 0 Å². The summed E-state index contributed by atoms with van der Waals surface area (Å²) in [6, 6.07) is 0. The number of allylic oxidation sites excluding steroid dienone is 1. The maximum absolute atomic E-state index is 13.7. The smallest absolute Gasteiger partial charge is 0.291 e. The number of aromatic amines is 1. The highest BCUT2D eigenvalue weighted by Crippen LogP contribution is 2.31. The third-order valence-corrected chi connectivity index (χ3v) is 6.38. The predicted octanol–water partition coefficient (Wildman–Crippen LogP) is 1.77. The molecule has 0 aliphatic carbocycles. The first-order valence-electron chi connectivity index (χ1n) is 9.70. The van der Waals surface area contributed by atoms with E-state index in [9.17, 15) is 9.18 Å². The Labute approximate surface area is 180 Å². The molecule has 1 unspecified atom stereocenters. The first-order chi connectivity index (χ1) is 15.0. The van der Waals surface area contributed by atoms with Crippen LogP contribution in [0.2, 0.25) is 0 Å². The summed E-state index contributed by atoms with van der Waals surface area (Å²) in [4.78, 5) is 17.8. The van der Waals surface area contributed by atoms with Crippen LogP contribution in [0, 0.1) is 11.7 Å². The maximum Gasteiger partial charge on any atom is 0.291 e. The normalized spacial score (nSPS) is 13.3. The highest BCUT2D eigenvalue weighted by Gasteiger charge is 2.21. The van der Waals surface area contributed by atoms with E-state index in [1.165, 1.54) is 22.2 Å². The molecule has 10 nitrogen and oxygen atoms in total. The van der Waals surface area contributed by atoms with E-state index in [0.717, 1.165) is 16.5 Å². The molecule has 31 heavy (non-hydrogen) atoms. The lowest BCUT2D eigenvalue weighted by molar-refractivity contribution is 0.219. The maximum atomic E-state index is 13.7. The van der Waals surface area contributed by atoms with E-state index in [1.54, 1.807) is 31.1 Å². The Hall–Kier alpha value is -3.25. The molecule has 0 saturated heterocycles. The van der Waals surface area contributed by atoms with E-state index < -0.39 is 5.82 Å². The van der Waals surface area contributed by atoms with Crippen molar-refractivity contribution in [2.45, 2.75) is 26.3 Å². The van der Waals surface area contributed by atoms with Gasteiger partial charge in [0.1, 0.15) is 22.0 Å². The summed E-state index contributed by atoms with van der Waals surface area (Å²) in [5.41, 5.74) is 3.77. The van der Waals surface area contributed by atoms with Crippen LogP contribution >= 0.6 is 11.3 Å². The molecule has 164 valence electrons. The second-order valence-corrected chi connectivity index (χ2v) is 8.18. The Morgan fingerprint density at radius 1 is 1.52 bits per heavy atom. The standard InChI is InChI=1S/C19H23FN8O2S/c1-4-10(14(30-3)8-22-21)9-28-19(29)16-11(6-24-28)17-18(27(16)2)25-15(31-17)5-13-12(20)7-23-26-13/h6-8,10,22H,4-5,9,21H2,1-3H3,(H,23,26)/b14-8+. The van der Waals surface area contributed by atoms with Gasteiger partial charge in [-0.2, -0.15) is 10.2 Å². The number of aromatic nitrogens is 6. The van der Waals surface area contributed by atoms with Crippen LogP contribution in [0.5, 0.6) is 0 Å². The number of hydrazine groups is 1. The summed E-state index contributed by atoms with van der Waals surface area (Å²) >= 11 is 1.41. The molecule has 4 rings (SSSR count). The number of fused-ring (bicyclic) bond motifs is 3. The third kappa shape index (κ3) is 3.68. The number of hydrogen-bond donors (Lipinski definition) is 3. The largest absolute Gasteiger partial charge is 0.499 e. The number of ether oxygens (including phenoxy) is 1. The van der Waals surface area contributed by atoms with Crippen LogP contribution in [0.25, 0.3) is 21.3 Å². The molecule has 4 aromatic rings. The van der Waals surface area contributed by atoms with Gasteiger partial charge >= 0.3 is 0 Å². The fourth-order valence-corrected chi connectivity index (χ4v) is 4.77. The quantitative estimate of drug-likeness (QED) is 0.214. The van der Waals surface area contributed by atoms with Gasteiger partial charge in [-0.15, -0.1) is 11.3 Å². The third-order valence-electron chi connectivity index (χ3n) is 5.30. The van der Waals surface area contributed by atoms with Gasteiger partial charge in [0.2, 0.25) is 0 Å². The van der Waals surface area contributed by atoms with Crippen LogP contribution in [0.4, 0.5) is 4.39 Å². The molecule has 0 spiro atoms. The average Bonchev–Trinajstić information content (AvgIpc) is 3.43. The average molecular weight is 447 g/mol. The highest BCUT2D eigenvalue weighted by atomic mass is 32.1. The van der Waals surface area contributed by atoms with Crippen molar-refractivity contribution in [1.82, 2.24) is 35.0 Å². The molecule has 0 amide bonds. The van der Waals surface area contributed by atoms with Gasteiger partial charge in [-0.25, -0.2) is 14.1 Å². The zero-order valence-corrected chi connectivity index (χ0v) is 18.2. The van der Waals surface area contributed by atoms with Gasteiger partial charge in [0.05, 0.1) is 36.9 Å². The summed E-state index contributed by atoms with van der Waals surface area (Å²) in [5, 5.41) is 12.3. The summed E-state index contributed by atoms with van der Waals surface area (Å²) in [6.45, 7) is 2.35. The molecule has 1 atom stereocenters. The summed E-state index contributed by atoms with van der Waals surface area (Å²) in [7, 11) is 3.36. The SMILES string of the molecule is CCC(Cn1ncc2c3sc(Cc4n[nH]cc4F)nc3n(C)c2c1=O)/C(=C\NN)OC. The molecular weight excluding hydrogens is 423 g/mol. The van der Waals surface area contributed by atoms with Gasteiger partial charge in [0.15, 0.2) is 11.5 Å². The highest BCUT2D eigenvalue weighted by molar-refractivity contribution is 7.19. The number of nitrogens with zero attached hydrogens (tertiary/aromatic N) is 5. The van der Waals surface area contributed by atoms with Crippen molar-refractivity contribution in [2.75, 3.05) is 7.11 Å². The molecule has 0 fully saturated rings. The van der Waals surface area contributed by atoms with Crippen molar-refractivity contribution in [2.24, 2.45) is 18.8 Å². The number of hydrogen-bond acceptors (Lipinski definition) is 8. The number of nitrogens with two attached hydrogens (primary N) is 1. The molecule has 0 aliphatic heterocycles. The lowest BCUT2D eigenvalue weighted by atomic mass is 10.0. The van der Waals surface area contributed by atoms with E-state index in [4.69, 9.17) is 10.6 Å². The monoisotopic (exact) mass is 446 g/mol. The fourth-order valence-electron chi connectivity index (χ4n) is 3.66. The minimum absolute atomic E-state index is 0.0708. The molecule has 0 aromatic carbocycles. The predicted molar refractivity (Wildman–Crippen MR) is 116 cm³/mol. The van der Waals surface area contributed by atoms with Gasteiger partial charge in [-0.3, -0.25) is 15.7 Å². The van der Waals surface area contributed by atoms with Crippen LogP contribution in [0.1, 0.15) is 24.0 Å². The van der Waals surface area contributed by atoms with E-state index in [-0.39, 0.29) is 17.9 Å². The zero-order valence-electron chi connectivity index (χ0n) is 17.3. The number of nitrogens with one attached hydrogen (secondary N) is 2. The molecule has 4 heterocycles. The van der Waals surface area contributed by atoms with E-state index in [1.807, 2.05) is 6.92 Å². The molecule has 4 N–H and O–H groups in total. The fraction of sp³-hybridized carbons (Fsp3) is 0.368. The Morgan fingerprint density at radius 2 is 2.32 bits per heavy atom. The second-order valence-electron chi connectivity index (χ2n) is 7.09. The topological polar surface area (TPSA) is 129 Å². The second kappa shape index (κ2) is 8.47. The van der Waals surface area contributed by atoms with Crippen LogP contribution in [-0.4, -0.2) is 36.6 Å². The first kappa shape index (κ1) is 21.0. The number of H-pyrrole nitrogens is 1. The van der Waals surface area contributed by atoms with E-state index in [0.29, 0.717) is 34.2 Å². The van der Waals surface area contributed by atoms with Gasteiger partial charge in [-0.05, 0) is 6.42 Å². The van der Waals surface area contributed by atoms with Crippen LogP contribution < -0.4 is 16.8 Å². The summed E-state index contributed by atoms with van der Waals surface area (Å²) in [6.07, 6.45) is 5.48. The lowest BCUT2D eigenvalue weighted by Crippen LogP contribution is -2.29. The Kier molecular flexibility index (Phi) is 5.74. The Bertz CT molecular complexity index is 1320. The van der Waals surface area contributed by atoms with Crippen molar-refractivity contribution in [1.29, 1.82) is 0 Å². The van der Waals surface area contributed by atoms with E-state index >= 15 is 0 Å². The Morgan fingerprint density at radius 3 is 2.97 bits per heavy atom. The van der Waals surface area contributed by atoms with Gasteiger partial charge in [-0.1, -0.05) is 6.92 Å². The molecule has 12 heteroatoms. The summed E-state index contributed by atoms with van der Waals surface area (Å²) < 4.78 is 23.1. The molecule has 0 bridgehead atoms. The van der Waals surface area contributed by atoms with Crippen LogP contribution in [-0.2, 0) is 24.8 Å². The van der Waals surface area contributed by atoms with Crippen molar-refractivity contribution in [3.8, 4) is 0 Å². The molecule has 4 aromatic heterocycles. The van der Waals surface area contributed by atoms with Crippen molar-refractivity contribution >= 4 is 32.6 Å². The first-order valence-corrected chi connectivity index (χ1v) is 10.5. The summed E-state index contributed by atoms with van der Waals surface area (Å²) in [5.74, 6) is 5.56. The van der Waals surface area contributed by atoms with Crippen molar-refractivity contribution < 1.29 is 9.13 Å². The number of halogens is 1. The molecular formula is C19H23FN8O2S. The molecule has 0 aliphatic rings. The molecule has 0 saturated carbocycles. The van der Waals surface area contributed by atoms with Crippen LogP contribution in [0.15, 0.2) is 29.1 Å². The Balaban J connectivity index is 1.73. The minimum Gasteiger partial charge on any atom is -0.499 e. The van der Waals surface area contributed by atoms with E-state index in [2.05, 4.69) is 25.7 Å². The van der Waals surface area contributed by atoms with Crippen molar-refractivity contribution in [3.05, 3.63) is 51.2 Å². The van der Waals surface area contributed by atoms with Gasteiger partial charge < -0.3 is 14.7 Å². The van der Waals surface area contributed by atoms with Gasteiger partial charge in [0.25, 0.3) is 5.56 Å². The number of thiazole rings is 1. The minimum atomic E-state index is -0.395.